The molecule has 10 nitrogen and oxygen atoms in total. The topological polar surface area (TPSA) is 115 Å². The van der Waals surface area contributed by atoms with E-state index in [2.05, 4.69) is 20.0 Å². The van der Waals surface area contributed by atoms with E-state index in [0.717, 1.165) is 31.4 Å². The van der Waals surface area contributed by atoms with Crippen LogP contribution in [0.3, 0.4) is 0 Å². The van der Waals surface area contributed by atoms with Crippen LogP contribution in [0.25, 0.3) is 33.8 Å². The van der Waals surface area contributed by atoms with Crippen LogP contribution in [-0.2, 0) is 17.5 Å². The van der Waals surface area contributed by atoms with Gasteiger partial charge in [-0.1, -0.05) is 22.8 Å². The predicted molar refractivity (Wildman–Crippen MR) is 147 cm³/mol. The summed E-state index contributed by atoms with van der Waals surface area (Å²) in [5, 5.41) is 4.11. The number of fused-ring (bicyclic) bond motifs is 2. The number of hydrogen-bond donors (Lipinski definition) is 1. The molecule has 0 spiro atoms. The van der Waals surface area contributed by atoms with Crippen LogP contribution >= 0.6 is 11.6 Å². The number of H-pyrrole nitrogens is 1. The molecule has 2 unspecified atom stereocenters. The standard InChI is InChI=1S/C28H22ClF4N7O3/c29-16-9-15(11-34-12-16)23-24-19(10-20(35-23)25-37-27(41)43-38-25)36-26(39-6-7-42-22-3-1-2-21(22)39)40(24)13-14-4-5-17(18(30)8-14)28(31,32)33/h4-5,8-12,21-22H,1-3,6-7,13H2,(H,37,38,41). The highest BCUT2D eigenvalue weighted by atomic mass is 35.5. The van der Waals surface area contributed by atoms with E-state index in [0.29, 0.717) is 52.0 Å². The summed E-state index contributed by atoms with van der Waals surface area (Å²) < 4.78 is 67.2. The Hall–Kier alpha value is -4.30. The maximum atomic E-state index is 14.7. The number of anilines is 1. The number of morpholine rings is 1. The van der Waals surface area contributed by atoms with Gasteiger partial charge < -0.3 is 14.2 Å². The largest absolute Gasteiger partial charge is 0.439 e. The van der Waals surface area contributed by atoms with E-state index in [9.17, 15) is 22.4 Å². The molecule has 1 aliphatic carbocycles. The van der Waals surface area contributed by atoms with Crippen LogP contribution in [-0.4, -0.2) is 55.0 Å². The van der Waals surface area contributed by atoms with Crippen LogP contribution in [0.2, 0.25) is 5.02 Å². The van der Waals surface area contributed by atoms with E-state index in [-0.39, 0.29) is 30.2 Å². The molecule has 5 heterocycles. The van der Waals surface area contributed by atoms with Crippen molar-refractivity contribution in [3.63, 3.8) is 0 Å². The third kappa shape index (κ3) is 5.03. The van der Waals surface area contributed by atoms with Crippen molar-refractivity contribution in [2.24, 2.45) is 0 Å². The molecule has 2 atom stereocenters. The number of halogens is 5. The number of benzene rings is 1. The van der Waals surface area contributed by atoms with Crippen LogP contribution in [0, 0.1) is 5.82 Å². The fourth-order valence-corrected chi connectivity index (χ4v) is 6.13. The Morgan fingerprint density at radius 3 is 2.72 bits per heavy atom. The second-order valence-corrected chi connectivity index (χ2v) is 10.9. The van der Waals surface area contributed by atoms with Crippen molar-refractivity contribution >= 4 is 28.6 Å². The maximum absolute atomic E-state index is 14.7. The zero-order valence-electron chi connectivity index (χ0n) is 22.2. The van der Waals surface area contributed by atoms with E-state index in [1.54, 1.807) is 18.3 Å². The van der Waals surface area contributed by atoms with Crippen molar-refractivity contribution in [2.75, 3.05) is 18.1 Å². The molecule has 15 heteroatoms. The molecule has 7 rings (SSSR count). The third-order valence-electron chi connectivity index (χ3n) is 7.78. The van der Waals surface area contributed by atoms with Crippen molar-refractivity contribution < 1.29 is 26.8 Å². The molecule has 0 radical (unpaired) electrons. The molecule has 1 saturated heterocycles. The molecular formula is C28H22ClF4N7O3. The molecular weight excluding hydrogens is 594 g/mol. The van der Waals surface area contributed by atoms with Gasteiger partial charge in [0.2, 0.25) is 11.8 Å². The number of alkyl halides is 3. The first-order valence-electron chi connectivity index (χ1n) is 13.5. The number of ether oxygens (including phenoxy) is 1. The number of nitrogens with zero attached hydrogens (tertiary/aromatic N) is 6. The molecule has 1 N–H and O–H groups in total. The summed E-state index contributed by atoms with van der Waals surface area (Å²) in [4.78, 5) is 30.3. The fourth-order valence-electron chi connectivity index (χ4n) is 5.96. The van der Waals surface area contributed by atoms with Gasteiger partial charge in [0.1, 0.15) is 11.5 Å². The Balaban J connectivity index is 1.47. The van der Waals surface area contributed by atoms with E-state index in [1.165, 1.54) is 12.3 Å². The van der Waals surface area contributed by atoms with E-state index in [1.807, 2.05) is 4.57 Å². The SMILES string of the molecule is O=c1[nH]c(-c2cc3nc(N4CCOC5CCCC54)n(Cc4ccc(C(F)(F)F)c(F)c4)c3c(-c3cncc(Cl)c3)n2)no1. The van der Waals surface area contributed by atoms with Crippen molar-refractivity contribution in [2.45, 2.75) is 44.1 Å². The zero-order valence-corrected chi connectivity index (χ0v) is 23.0. The van der Waals surface area contributed by atoms with Gasteiger partial charge in [-0.15, -0.1) is 0 Å². The van der Waals surface area contributed by atoms with Crippen molar-refractivity contribution in [1.82, 2.24) is 29.7 Å². The molecule has 1 aromatic carbocycles. The average Bonchev–Trinajstić information content (AvgIpc) is 3.70. The minimum Gasteiger partial charge on any atom is -0.374 e. The predicted octanol–water partition coefficient (Wildman–Crippen LogP) is 5.45. The fraction of sp³-hybridized carbons (Fsp3) is 0.321. The molecule has 1 aliphatic heterocycles. The highest BCUT2D eigenvalue weighted by Gasteiger charge is 2.39. The molecule has 2 fully saturated rings. The normalized spacial score (nSPS) is 18.9. The summed E-state index contributed by atoms with van der Waals surface area (Å²) in [5.41, 5.74) is 1.05. The molecule has 4 aromatic heterocycles. The van der Waals surface area contributed by atoms with Gasteiger partial charge in [-0.25, -0.2) is 19.2 Å². The van der Waals surface area contributed by atoms with Crippen LogP contribution < -0.4 is 10.7 Å². The number of imidazole rings is 1. The van der Waals surface area contributed by atoms with Gasteiger partial charge >= 0.3 is 11.9 Å². The summed E-state index contributed by atoms with van der Waals surface area (Å²) in [6, 6.07) is 6.20. The minimum absolute atomic E-state index is 0.0102. The van der Waals surface area contributed by atoms with Gasteiger partial charge in [0.25, 0.3) is 0 Å². The number of pyridine rings is 2. The van der Waals surface area contributed by atoms with Crippen LogP contribution in [0.1, 0.15) is 30.4 Å². The molecule has 1 saturated carbocycles. The first-order valence-corrected chi connectivity index (χ1v) is 13.9. The minimum atomic E-state index is -4.82. The lowest BCUT2D eigenvalue weighted by Crippen LogP contribution is -2.49. The zero-order chi connectivity index (χ0) is 29.9. The van der Waals surface area contributed by atoms with Gasteiger partial charge in [0.05, 0.1) is 52.6 Å². The lowest BCUT2D eigenvalue weighted by Gasteiger charge is -2.38. The maximum Gasteiger partial charge on any atom is 0.439 e. The molecule has 5 aromatic rings. The molecule has 0 bridgehead atoms. The lowest BCUT2D eigenvalue weighted by molar-refractivity contribution is -0.140. The van der Waals surface area contributed by atoms with Crippen molar-refractivity contribution in [3.05, 3.63) is 75.2 Å². The van der Waals surface area contributed by atoms with E-state index in [4.69, 9.17) is 30.8 Å². The summed E-state index contributed by atoms with van der Waals surface area (Å²) in [6.07, 6.45) is 0.948. The molecule has 43 heavy (non-hydrogen) atoms. The van der Waals surface area contributed by atoms with Gasteiger partial charge in [-0.2, -0.15) is 13.2 Å². The summed E-state index contributed by atoms with van der Waals surface area (Å²) in [7, 11) is 0. The monoisotopic (exact) mass is 615 g/mol. The Bertz CT molecular complexity index is 1900. The van der Waals surface area contributed by atoms with Gasteiger partial charge in [0, 0.05) is 24.5 Å². The molecule has 2 aliphatic rings. The third-order valence-corrected chi connectivity index (χ3v) is 7.99. The number of hydrogen-bond acceptors (Lipinski definition) is 8. The van der Waals surface area contributed by atoms with Crippen LogP contribution in [0.15, 0.2) is 52.0 Å². The first-order chi connectivity index (χ1) is 20.7. The highest BCUT2D eigenvalue weighted by molar-refractivity contribution is 6.30. The van der Waals surface area contributed by atoms with Gasteiger partial charge in [0.15, 0.2) is 0 Å². The number of nitrogens with one attached hydrogen (secondary N) is 1. The van der Waals surface area contributed by atoms with Gasteiger partial charge in [-0.05, 0) is 49.1 Å². The lowest BCUT2D eigenvalue weighted by atomic mass is 10.1. The Morgan fingerprint density at radius 2 is 1.98 bits per heavy atom. The van der Waals surface area contributed by atoms with Crippen molar-refractivity contribution in [3.8, 4) is 22.8 Å². The molecule has 0 amide bonds. The number of aromatic amines is 1. The van der Waals surface area contributed by atoms with Crippen molar-refractivity contribution in [1.29, 1.82) is 0 Å². The van der Waals surface area contributed by atoms with Crippen LogP contribution in [0.5, 0.6) is 0 Å². The Labute approximate surface area is 245 Å². The van der Waals surface area contributed by atoms with E-state index < -0.39 is 23.3 Å². The number of rotatable bonds is 5. The number of aromatic nitrogens is 6. The Kier molecular flexibility index (Phi) is 6.69. The Morgan fingerprint density at radius 1 is 1.12 bits per heavy atom. The second-order valence-electron chi connectivity index (χ2n) is 10.5. The molecule has 222 valence electrons. The first kappa shape index (κ1) is 27.5. The van der Waals surface area contributed by atoms with E-state index >= 15 is 0 Å². The van der Waals surface area contributed by atoms with Gasteiger partial charge in [-0.3, -0.25) is 14.5 Å². The quantitative estimate of drug-likeness (QED) is 0.260. The summed E-state index contributed by atoms with van der Waals surface area (Å²) >= 11 is 6.29. The highest BCUT2D eigenvalue weighted by Crippen LogP contribution is 2.39. The summed E-state index contributed by atoms with van der Waals surface area (Å²) in [6.45, 7) is 0.975. The van der Waals surface area contributed by atoms with Crippen LogP contribution in [0.4, 0.5) is 23.5 Å². The second kappa shape index (κ2) is 10.5. The summed E-state index contributed by atoms with van der Waals surface area (Å²) in [5.74, 6) is -1.53. The average molecular weight is 616 g/mol. The smallest absolute Gasteiger partial charge is 0.374 e.